The van der Waals surface area contributed by atoms with E-state index >= 15 is 0 Å². The second kappa shape index (κ2) is 21.7. The van der Waals surface area contributed by atoms with Gasteiger partial charge in [0.1, 0.15) is 24.4 Å². The molecule has 1 aliphatic carbocycles. The van der Waals surface area contributed by atoms with Gasteiger partial charge in [0.25, 0.3) is 5.91 Å². The second-order valence-corrected chi connectivity index (χ2v) is 16.8. The molecule has 0 radical (unpaired) electrons. The summed E-state index contributed by atoms with van der Waals surface area (Å²) >= 11 is 0. The fraction of sp³-hybridized carbons (Fsp3) is 0.440. The van der Waals surface area contributed by atoms with Crippen LogP contribution in [0.25, 0.3) is 11.1 Å². The van der Waals surface area contributed by atoms with Gasteiger partial charge in [-0.05, 0) is 64.6 Å². The SMILES string of the molecule is CC[C@H](C)[C@H](NC(=O)OCC1c2ccccc2-c2ccccc21)C(=O)N(C)[C@H](C[C@@H](OC(C)=O)c1cccc(C(=O)N(C)[C@@H](Cc2ccccc2)C[C@H](C)C(=O)OC)n1)C(C)C. The molecule has 0 saturated carbocycles. The monoisotopic (exact) mass is 846 g/mol. The van der Waals surface area contributed by atoms with Crippen LogP contribution >= 0.6 is 0 Å². The number of fused-ring (bicyclic) bond motifs is 3. The van der Waals surface area contributed by atoms with Crippen LogP contribution in [0.5, 0.6) is 0 Å². The van der Waals surface area contributed by atoms with Gasteiger partial charge in [-0.2, -0.15) is 0 Å². The molecule has 0 unspecified atom stereocenters. The fourth-order valence-corrected chi connectivity index (χ4v) is 8.43. The van der Waals surface area contributed by atoms with Crippen LogP contribution in [0.1, 0.15) is 106 Å². The molecule has 1 N–H and O–H groups in total. The molecule has 3 aromatic carbocycles. The maximum Gasteiger partial charge on any atom is 0.407 e. The summed E-state index contributed by atoms with van der Waals surface area (Å²) in [6.07, 6.45) is 0.0622. The number of likely N-dealkylation sites (N-methyl/N-ethyl adjacent to an activating group) is 2. The molecule has 1 aliphatic rings. The van der Waals surface area contributed by atoms with Crippen LogP contribution in [0.15, 0.2) is 97.1 Å². The Morgan fingerprint density at radius 2 is 1.39 bits per heavy atom. The van der Waals surface area contributed by atoms with E-state index in [1.807, 2.05) is 82.3 Å². The quantitative estimate of drug-likeness (QED) is 0.0727. The highest BCUT2D eigenvalue weighted by atomic mass is 16.6. The molecule has 3 amide bonds. The minimum Gasteiger partial charge on any atom is -0.469 e. The van der Waals surface area contributed by atoms with Crippen LogP contribution < -0.4 is 5.32 Å². The zero-order chi connectivity index (χ0) is 45.1. The minimum atomic E-state index is -0.912. The lowest BCUT2D eigenvalue weighted by Crippen LogP contribution is -2.54. The Balaban J connectivity index is 1.32. The second-order valence-electron chi connectivity index (χ2n) is 16.8. The topological polar surface area (TPSA) is 144 Å². The van der Waals surface area contributed by atoms with Crippen molar-refractivity contribution in [1.82, 2.24) is 20.1 Å². The van der Waals surface area contributed by atoms with E-state index in [1.54, 1.807) is 49.0 Å². The fourth-order valence-electron chi connectivity index (χ4n) is 8.43. The van der Waals surface area contributed by atoms with Gasteiger partial charge in [0.05, 0.1) is 18.7 Å². The first-order chi connectivity index (χ1) is 29.6. The molecule has 4 aromatic rings. The molecule has 12 heteroatoms. The molecule has 1 aromatic heterocycles. The Bertz CT molecular complexity index is 2130. The lowest BCUT2D eigenvalue weighted by molar-refractivity contribution is -0.149. The highest BCUT2D eigenvalue weighted by molar-refractivity contribution is 5.92. The summed E-state index contributed by atoms with van der Waals surface area (Å²) in [4.78, 5) is 75.1. The summed E-state index contributed by atoms with van der Waals surface area (Å²) < 4.78 is 16.7. The molecule has 5 rings (SSSR count). The molecule has 0 spiro atoms. The maximum atomic E-state index is 14.5. The number of nitrogens with one attached hydrogen (secondary N) is 1. The van der Waals surface area contributed by atoms with E-state index in [4.69, 9.17) is 19.2 Å². The summed E-state index contributed by atoms with van der Waals surface area (Å²) in [5.74, 6) is -2.52. The van der Waals surface area contributed by atoms with Crippen molar-refractivity contribution in [3.63, 3.8) is 0 Å². The van der Waals surface area contributed by atoms with Gasteiger partial charge in [-0.25, -0.2) is 9.78 Å². The third kappa shape index (κ3) is 11.5. The molecular formula is C50H62N4O8. The number of ether oxygens (including phenoxy) is 3. The molecule has 330 valence electrons. The van der Waals surface area contributed by atoms with Crippen LogP contribution in [-0.4, -0.2) is 90.6 Å². The average Bonchev–Trinajstić information content (AvgIpc) is 3.60. The molecule has 62 heavy (non-hydrogen) atoms. The lowest BCUT2D eigenvalue weighted by Gasteiger charge is -2.37. The van der Waals surface area contributed by atoms with E-state index in [9.17, 15) is 24.0 Å². The maximum absolute atomic E-state index is 14.5. The van der Waals surface area contributed by atoms with E-state index in [-0.39, 0.29) is 60.3 Å². The number of esters is 2. The van der Waals surface area contributed by atoms with Crippen LogP contribution in [0.4, 0.5) is 4.79 Å². The van der Waals surface area contributed by atoms with Crippen molar-refractivity contribution >= 4 is 29.8 Å². The van der Waals surface area contributed by atoms with Crippen LogP contribution in [0, 0.1) is 17.8 Å². The number of amides is 3. The standard InChI is InChI=1S/C50H62N4O8/c1-10-32(4)46(52-50(59)61-30-41-39-23-16-14-21-37(39)38-22-15-17-24-40(38)41)48(57)54(8)44(31(2)3)29-45(62-34(6)55)42-25-18-26-43(51-42)47(56)53(7)36(27-33(5)49(58)60-9)28-35-19-12-11-13-20-35/h11-26,31-33,36,41,44-46H,10,27-30H2,1-9H3,(H,52,59)/t32-,33-,36+,44+,45+,46-/m0/s1. The summed E-state index contributed by atoms with van der Waals surface area (Å²) in [6, 6.07) is 29.2. The van der Waals surface area contributed by atoms with E-state index in [0.29, 0.717) is 25.0 Å². The van der Waals surface area contributed by atoms with E-state index in [2.05, 4.69) is 29.6 Å². The summed E-state index contributed by atoms with van der Waals surface area (Å²) in [6.45, 7) is 11.0. The van der Waals surface area contributed by atoms with Gasteiger partial charge >= 0.3 is 18.0 Å². The number of rotatable bonds is 19. The minimum absolute atomic E-state index is 0.111. The van der Waals surface area contributed by atoms with E-state index in [0.717, 1.165) is 27.8 Å². The molecule has 0 saturated heterocycles. The molecule has 6 atom stereocenters. The Hall–Kier alpha value is -6.04. The number of carbonyl (C=O) groups excluding carboxylic acids is 5. The third-order valence-corrected chi connectivity index (χ3v) is 12.2. The highest BCUT2D eigenvalue weighted by Gasteiger charge is 2.37. The first-order valence-corrected chi connectivity index (χ1v) is 21.6. The summed E-state index contributed by atoms with van der Waals surface area (Å²) in [5.41, 5.74) is 5.92. The average molecular weight is 847 g/mol. The smallest absolute Gasteiger partial charge is 0.407 e. The number of hydrogen-bond donors (Lipinski definition) is 1. The Labute approximate surface area is 366 Å². The zero-order valence-electron chi connectivity index (χ0n) is 37.5. The predicted octanol–water partition coefficient (Wildman–Crippen LogP) is 8.39. The number of nitrogens with zero attached hydrogens (tertiary/aromatic N) is 3. The first kappa shape index (κ1) is 47.0. The van der Waals surface area contributed by atoms with Crippen molar-refractivity contribution in [2.45, 2.75) is 97.4 Å². The Morgan fingerprint density at radius 3 is 1.97 bits per heavy atom. The largest absolute Gasteiger partial charge is 0.469 e. The molecular weight excluding hydrogens is 785 g/mol. The predicted molar refractivity (Wildman–Crippen MR) is 238 cm³/mol. The van der Waals surface area contributed by atoms with E-state index < -0.39 is 36.2 Å². The van der Waals surface area contributed by atoms with Crippen LogP contribution in [-0.2, 0) is 35.0 Å². The number of benzene rings is 3. The normalized spacial score (nSPS) is 14.9. The number of methoxy groups -OCH3 is 1. The number of alkyl carbamates (subject to hydrolysis) is 1. The third-order valence-electron chi connectivity index (χ3n) is 12.2. The Morgan fingerprint density at radius 1 is 0.774 bits per heavy atom. The number of hydrogen-bond acceptors (Lipinski definition) is 9. The van der Waals surface area contributed by atoms with Crippen molar-refractivity contribution in [2.24, 2.45) is 17.8 Å². The van der Waals surface area contributed by atoms with Gasteiger partial charge in [0, 0.05) is 45.4 Å². The summed E-state index contributed by atoms with van der Waals surface area (Å²) in [5, 5.41) is 2.89. The van der Waals surface area contributed by atoms with Gasteiger partial charge in [-0.15, -0.1) is 0 Å². The number of aromatic nitrogens is 1. The van der Waals surface area contributed by atoms with Crippen molar-refractivity contribution in [2.75, 3.05) is 27.8 Å². The number of pyridine rings is 1. The molecule has 0 fully saturated rings. The lowest BCUT2D eigenvalue weighted by atomic mass is 9.92. The van der Waals surface area contributed by atoms with Crippen molar-refractivity contribution < 1.29 is 38.2 Å². The van der Waals surface area contributed by atoms with Gasteiger partial charge in [0.2, 0.25) is 5.91 Å². The molecule has 12 nitrogen and oxygen atoms in total. The number of carbonyl (C=O) groups is 5. The summed E-state index contributed by atoms with van der Waals surface area (Å²) in [7, 11) is 4.73. The molecule has 0 aliphatic heterocycles. The zero-order valence-corrected chi connectivity index (χ0v) is 37.5. The van der Waals surface area contributed by atoms with Gasteiger partial charge in [-0.3, -0.25) is 19.2 Å². The van der Waals surface area contributed by atoms with Crippen molar-refractivity contribution in [3.8, 4) is 11.1 Å². The molecule has 0 bridgehead atoms. The van der Waals surface area contributed by atoms with Crippen molar-refractivity contribution in [1.29, 1.82) is 0 Å². The van der Waals surface area contributed by atoms with E-state index in [1.165, 1.54) is 14.0 Å². The van der Waals surface area contributed by atoms with Gasteiger partial charge < -0.3 is 29.3 Å². The van der Waals surface area contributed by atoms with Crippen molar-refractivity contribution in [3.05, 3.63) is 125 Å². The Kier molecular flexibility index (Phi) is 16.4. The van der Waals surface area contributed by atoms with Crippen LogP contribution in [0.2, 0.25) is 0 Å². The highest BCUT2D eigenvalue weighted by Crippen LogP contribution is 2.44. The van der Waals surface area contributed by atoms with Gasteiger partial charge in [-0.1, -0.05) is 126 Å². The van der Waals surface area contributed by atoms with Gasteiger partial charge in [0.15, 0.2) is 0 Å². The van der Waals surface area contributed by atoms with Crippen LogP contribution in [0.3, 0.4) is 0 Å². The first-order valence-electron chi connectivity index (χ1n) is 21.6. The molecule has 1 heterocycles.